The molecule has 1 aliphatic carbocycles. The van der Waals surface area contributed by atoms with Crippen LogP contribution in [0.25, 0.3) is 28.3 Å². The number of benzene rings is 1. The molecule has 0 radical (unpaired) electrons. The molecule has 3 aromatic heterocycles. The molecule has 1 aromatic carbocycles. The lowest BCUT2D eigenvalue weighted by molar-refractivity contribution is -0.140. The van der Waals surface area contributed by atoms with Crippen molar-refractivity contribution < 1.29 is 22.6 Å². The Kier molecular flexibility index (Phi) is 9.08. The number of halogens is 3. The summed E-state index contributed by atoms with van der Waals surface area (Å²) >= 11 is 0. The van der Waals surface area contributed by atoms with E-state index in [-0.39, 0.29) is 12.4 Å². The van der Waals surface area contributed by atoms with E-state index >= 15 is 0 Å². The topological polar surface area (TPSA) is 98.7 Å². The molecule has 1 fully saturated rings. The maximum atomic E-state index is 13.0. The van der Waals surface area contributed by atoms with E-state index in [1.165, 1.54) is 6.33 Å². The highest BCUT2D eigenvalue weighted by Crippen LogP contribution is 2.45. The average Bonchev–Trinajstić information content (AvgIpc) is 3.74. The van der Waals surface area contributed by atoms with Crippen LogP contribution < -0.4 is 9.47 Å². The number of hydrogen-bond acceptors (Lipinski definition) is 7. The van der Waals surface area contributed by atoms with E-state index in [9.17, 15) is 13.2 Å². The predicted molar refractivity (Wildman–Crippen MR) is 157 cm³/mol. The van der Waals surface area contributed by atoms with Gasteiger partial charge in [-0.15, -0.1) is 0 Å². The van der Waals surface area contributed by atoms with Crippen LogP contribution in [0.3, 0.4) is 0 Å². The summed E-state index contributed by atoms with van der Waals surface area (Å²) in [6, 6.07) is 7.01. The summed E-state index contributed by atoms with van der Waals surface area (Å²) < 4.78 is 50.9. The Balaban J connectivity index is 1.46. The molecule has 1 unspecified atom stereocenters. The van der Waals surface area contributed by atoms with Crippen molar-refractivity contribution in [1.82, 2.24) is 29.9 Å². The molecule has 0 amide bonds. The summed E-state index contributed by atoms with van der Waals surface area (Å²) in [4.78, 5) is 24.7. The molecule has 0 spiro atoms. The Labute approximate surface area is 248 Å². The van der Waals surface area contributed by atoms with Crippen LogP contribution in [0, 0.1) is 5.92 Å². The molecule has 1 saturated carbocycles. The Morgan fingerprint density at radius 1 is 1.05 bits per heavy atom. The number of nitrogens with one attached hydrogen (secondary N) is 1. The van der Waals surface area contributed by atoms with Crippen LogP contribution in [0.5, 0.6) is 11.8 Å². The van der Waals surface area contributed by atoms with E-state index in [1.54, 1.807) is 37.6 Å². The number of rotatable bonds is 12. The number of methoxy groups -OCH3 is 1. The summed E-state index contributed by atoms with van der Waals surface area (Å²) in [7, 11) is 1.57. The van der Waals surface area contributed by atoms with Gasteiger partial charge in [-0.05, 0) is 42.7 Å². The van der Waals surface area contributed by atoms with Crippen LogP contribution in [0.4, 0.5) is 13.2 Å². The van der Waals surface area contributed by atoms with E-state index in [1.807, 2.05) is 0 Å². The molecule has 226 valence electrons. The van der Waals surface area contributed by atoms with Crippen LogP contribution in [0.2, 0.25) is 0 Å². The molecule has 8 nitrogen and oxygen atoms in total. The molecule has 43 heavy (non-hydrogen) atoms. The molecule has 1 atom stereocenters. The molecular formula is C32H35F3N6O2. The number of hydrogen-bond donors (Lipinski definition) is 1. The van der Waals surface area contributed by atoms with Crippen molar-refractivity contribution in [3.05, 3.63) is 71.6 Å². The first-order valence-corrected chi connectivity index (χ1v) is 14.5. The quantitative estimate of drug-likeness (QED) is 0.178. The third kappa shape index (κ3) is 7.03. The summed E-state index contributed by atoms with van der Waals surface area (Å²) in [5.74, 6) is 2.29. The van der Waals surface area contributed by atoms with Crippen LogP contribution >= 0.6 is 0 Å². The maximum absolute atomic E-state index is 13.0. The molecule has 5 rings (SSSR count). The van der Waals surface area contributed by atoms with Crippen LogP contribution in [0.15, 0.2) is 49.1 Å². The zero-order chi connectivity index (χ0) is 30.6. The number of nitrogens with zero attached hydrogens (tertiary/aromatic N) is 5. The minimum atomic E-state index is -4.48. The highest BCUT2D eigenvalue weighted by Gasteiger charge is 2.33. The molecule has 0 aliphatic heterocycles. The van der Waals surface area contributed by atoms with Crippen molar-refractivity contribution in [1.29, 1.82) is 0 Å². The molecular weight excluding hydrogens is 557 g/mol. The van der Waals surface area contributed by atoms with E-state index in [0.29, 0.717) is 40.5 Å². The summed E-state index contributed by atoms with van der Waals surface area (Å²) in [5.41, 5.74) is 3.91. The zero-order valence-electron chi connectivity index (χ0n) is 24.7. The average molecular weight is 593 g/mol. The standard InChI is InChI=1S/C32H35F3N6O2/c1-5-19(3)7-10-21(6-2)24-15-36-29(26-27(22-13-14-22)38-18-39-31(26)42-4)41-30(24)43-17-20-8-11-23(12-9-20)28-37-16-25(40-28)32(33,34)35/h8-12,15-16,18-19,22H,5-7,13-14,17H2,1-4H3,(H,37,40)/b21-10+. The molecule has 3 heterocycles. The first kappa shape index (κ1) is 30.2. The third-order valence-electron chi connectivity index (χ3n) is 7.65. The van der Waals surface area contributed by atoms with Gasteiger partial charge in [0.1, 0.15) is 30.0 Å². The first-order valence-electron chi connectivity index (χ1n) is 14.5. The fraction of sp³-hybridized carbons (Fsp3) is 0.406. The van der Waals surface area contributed by atoms with Gasteiger partial charge in [-0.1, -0.05) is 57.5 Å². The van der Waals surface area contributed by atoms with Gasteiger partial charge in [-0.3, -0.25) is 0 Å². The van der Waals surface area contributed by atoms with Gasteiger partial charge in [0.2, 0.25) is 11.8 Å². The minimum Gasteiger partial charge on any atom is -0.480 e. The number of imidazole rings is 1. The normalized spacial score (nSPS) is 14.5. The van der Waals surface area contributed by atoms with Gasteiger partial charge < -0.3 is 14.5 Å². The van der Waals surface area contributed by atoms with Crippen molar-refractivity contribution in [2.24, 2.45) is 5.92 Å². The second-order valence-electron chi connectivity index (χ2n) is 10.8. The molecule has 0 saturated heterocycles. The number of allylic oxidation sites excluding steroid dienone is 2. The monoisotopic (exact) mass is 592 g/mol. The van der Waals surface area contributed by atoms with Crippen LogP contribution in [0.1, 0.15) is 81.3 Å². The number of H-pyrrole nitrogens is 1. The summed E-state index contributed by atoms with van der Waals surface area (Å²) in [6.07, 6.45) is 6.71. The fourth-order valence-corrected chi connectivity index (χ4v) is 4.71. The van der Waals surface area contributed by atoms with E-state index in [0.717, 1.165) is 60.7 Å². The lowest BCUT2D eigenvalue weighted by Gasteiger charge is -2.16. The van der Waals surface area contributed by atoms with Gasteiger partial charge in [-0.25, -0.2) is 19.9 Å². The number of ether oxygens (including phenoxy) is 2. The van der Waals surface area contributed by atoms with E-state index in [4.69, 9.17) is 19.4 Å². The SMILES string of the molecule is CC/C(=C\CC(C)CC)c1cnc(-c2c(OC)ncnc2C2CC2)nc1OCc1ccc(-c2ncc(C(F)(F)F)[nH]2)cc1. The first-order chi connectivity index (χ1) is 20.7. The lowest BCUT2D eigenvalue weighted by Crippen LogP contribution is -2.06. The molecule has 0 bridgehead atoms. The highest BCUT2D eigenvalue weighted by molar-refractivity contribution is 5.72. The second-order valence-corrected chi connectivity index (χ2v) is 10.8. The lowest BCUT2D eigenvalue weighted by atomic mass is 9.99. The fourth-order valence-electron chi connectivity index (χ4n) is 4.71. The predicted octanol–water partition coefficient (Wildman–Crippen LogP) is 8.04. The van der Waals surface area contributed by atoms with Gasteiger partial charge in [0.15, 0.2) is 5.82 Å². The van der Waals surface area contributed by atoms with Crippen molar-refractivity contribution in [3.63, 3.8) is 0 Å². The molecule has 11 heteroatoms. The molecule has 1 aliphatic rings. The van der Waals surface area contributed by atoms with Gasteiger partial charge in [0.25, 0.3) is 0 Å². The number of aromatic amines is 1. The zero-order valence-corrected chi connectivity index (χ0v) is 24.7. The van der Waals surface area contributed by atoms with Crippen molar-refractivity contribution in [2.75, 3.05) is 7.11 Å². The van der Waals surface area contributed by atoms with Gasteiger partial charge in [0, 0.05) is 17.7 Å². The minimum absolute atomic E-state index is 0.145. The van der Waals surface area contributed by atoms with Crippen molar-refractivity contribution in [3.8, 4) is 34.5 Å². The van der Waals surface area contributed by atoms with Crippen LogP contribution in [-0.2, 0) is 12.8 Å². The van der Waals surface area contributed by atoms with Gasteiger partial charge in [-0.2, -0.15) is 18.2 Å². The Morgan fingerprint density at radius 3 is 2.44 bits per heavy atom. The number of alkyl halides is 3. The van der Waals surface area contributed by atoms with Crippen LogP contribution in [-0.4, -0.2) is 37.0 Å². The number of aromatic nitrogens is 6. The molecule has 1 N–H and O–H groups in total. The Morgan fingerprint density at radius 2 is 1.81 bits per heavy atom. The smallest absolute Gasteiger partial charge is 0.432 e. The highest BCUT2D eigenvalue weighted by atomic mass is 19.4. The second kappa shape index (κ2) is 12.9. The van der Waals surface area contributed by atoms with E-state index < -0.39 is 11.9 Å². The maximum Gasteiger partial charge on any atom is 0.432 e. The third-order valence-corrected chi connectivity index (χ3v) is 7.65. The Hall–Kier alpha value is -4.28. The van der Waals surface area contributed by atoms with Gasteiger partial charge >= 0.3 is 6.18 Å². The van der Waals surface area contributed by atoms with Crippen molar-refractivity contribution in [2.45, 2.75) is 71.6 Å². The van der Waals surface area contributed by atoms with Gasteiger partial charge in [0.05, 0.1) is 24.6 Å². The summed E-state index contributed by atoms with van der Waals surface area (Å²) in [5, 5.41) is 0. The largest absolute Gasteiger partial charge is 0.480 e. The molecule has 4 aromatic rings. The van der Waals surface area contributed by atoms with Crippen molar-refractivity contribution >= 4 is 5.57 Å². The Bertz CT molecular complexity index is 1580. The summed E-state index contributed by atoms with van der Waals surface area (Å²) in [6.45, 7) is 6.68. The van der Waals surface area contributed by atoms with E-state index in [2.05, 4.69) is 46.8 Å².